The highest BCUT2D eigenvalue weighted by Crippen LogP contribution is 2.26. The first kappa shape index (κ1) is 13.9. The molecule has 7 heteroatoms. The molecule has 0 saturated carbocycles. The van der Waals surface area contributed by atoms with E-state index in [0.717, 1.165) is 0 Å². The van der Waals surface area contributed by atoms with Gasteiger partial charge in [0.2, 0.25) is 0 Å². The number of aromatic nitrogens is 1. The van der Waals surface area contributed by atoms with Crippen LogP contribution in [0.3, 0.4) is 0 Å². The van der Waals surface area contributed by atoms with Crippen LogP contribution >= 0.6 is 0 Å². The summed E-state index contributed by atoms with van der Waals surface area (Å²) in [5.41, 5.74) is 0.875. The number of pyridine rings is 1. The number of nitro groups is 1. The van der Waals surface area contributed by atoms with Gasteiger partial charge in [-0.05, 0) is 13.0 Å². The summed E-state index contributed by atoms with van der Waals surface area (Å²) >= 11 is 0. The summed E-state index contributed by atoms with van der Waals surface area (Å²) in [6, 6.07) is 6.05. The third-order valence-corrected chi connectivity index (χ3v) is 2.78. The fraction of sp³-hybridized carbons (Fsp3) is 0.231. The van der Waals surface area contributed by atoms with Crippen molar-refractivity contribution in [2.24, 2.45) is 0 Å². The van der Waals surface area contributed by atoms with Gasteiger partial charge in [0.05, 0.1) is 17.1 Å². The number of aryl methyl sites for hydroxylation is 1. The maximum atomic E-state index is 12.0. The van der Waals surface area contributed by atoms with Crippen molar-refractivity contribution in [2.75, 3.05) is 13.2 Å². The number of nitrogens with one attached hydrogen (secondary N) is 1. The Morgan fingerprint density at radius 2 is 2.25 bits per heavy atom. The molecule has 1 aromatic heterocycles. The Morgan fingerprint density at radius 3 is 2.90 bits per heavy atom. The van der Waals surface area contributed by atoms with Crippen molar-refractivity contribution in [3.05, 3.63) is 45.6 Å². The smallest absolute Gasteiger partial charge is 0.295 e. The van der Waals surface area contributed by atoms with Crippen LogP contribution in [0.4, 0.5) is 5.69 Å². The van der Waals surface area contributed by atoms with Crippen molar-refractivity contribution < 1.29 is 14.8 Å². The summed E-state index contributed by atoms with van der Waals surface area (Å²) in [7, 11) is 0. The molecule has 0 aliphatic heterocycles. The van der Waals surface area contributed by atoms with Gasteiger partial charge >= 0.3 is 0 Å². The van der Waals surface area contributed by atoms with Crippen LogP contribution < -0.4 is 5.32 Å². The van der Waals surface area contributed by atoms with Crippen LogP contribution in [0.25, 0.3) is 10.9 Å². The van der Waals surface area contributed by atoms with Gasteiger partial charge in [-0.2, -0.15) is 0 Å². The third-order valence-electron chi connectivity index (χ3n) is 2.78. The monoisotopic (exact) mass is 275 g/mol. The minimum atomic E-state index is -0.524. The Kier molecular flexibility index (Phi) is 3.90. The van der Waals surface area contributed by atoms with Gasteiger partial charge in [-0.3, -0.25) is 14.9 Å². The predicted octanol–water partition coefficient (Wildman–Crippen LogP) is 1.17. The number of hydrogen-bond donors (Lipinski definition) is 2. The van der Waals surface area contributed by atoms with Crippen molar-refractivity contribution in [1.82, 2.24) is 10.3 Å². The van der Waals surface area contributed by atoms with E-state index in [2.05, 4.69) is 10.3 Å². The van der Waals surface area contributed by atoms with E-state index in [1.54, 1.807) is 19.1 Å². The van der Waals surface area contributed by atoms with E-state index in [1.165, 1.54) is 12.1 Å². The number of fused-ring (bicyclic) bond motifs is 1. The molecule has 1 amide bonds. The number of nitro benzene ring substituents is 1. The molecule has 2 N–H and O–H groups in total. The number of hydrogen-bond acceptors (Lipinski definition) is 5. The fourth-order valence-electron chi connectivity index (χ4n) is 1.96. The molecule has 0 atom stereocenters. The highest BCUT2D eigenvalue weighted by atomic mass is 16.6. The number of aliphatic hydroxyl groups excluding tert-OH is 1. The van der Waals surface area contributed by atoms with E-state index < -0.39 is 10.8 Å². The molecule has 0 aliphatic carbocycles. The second kappa shape index (κ2) is 5.62. The highest BCUT2D eigenvalue weighted by Gasteiger charge is 2.18. The molecule has 0 aliphatic rings. The van der Waals surface area contributed by atoms with E-state index in [-0.39, 0.29) is 24.4 Å². The molecule has 20 heavy (non-hydrogen) atoms. The third kappa shape index (κ3) is 2.57. The lowest BCUT2D eigenvalue weighted by Gasteiger charge is -2.08. The Hall–Kier alpha value is -2.54. The van der Waals surface area contributed by atoms with Crippen molar-refractivity contribution >= 4 is 22.5 Å². The van der Waals surface area contributed by atoms with Gasteiger partial charge in [0.15, 0.2) is 0 Å². The van der Waals surface area contributed by atoms with Gasteiger partial charge in [0.1, 0.15) is 5.52 Å². The number of nitrogens with zero attached hydrogens (tertiary/aromatic N) is 2. The Balaban J connectivity index is 2.64. The van der Waals surface area contributed by atoms with Crippen LogP contribution in [-0.2, 0) is 0 Å². The van der Waals surface area contributed by atoms with Crippen LogP contribution in [0, 0.1) is 17.0 Å². The average molecular weight is 275 g/mol. The van der Waals surface area contributed by atoms with E-state index in [9.17, 15) is 14.9 Å². The molecule has 0 fully saturated rings. The molecular formula is C13H13N3O4. The van der Waals surface area contributed by atoms with Gasteiger partial charge in [0.25, 0.3) is 11.6 Å². The van der Waals surface area contributed by atoms with Crippen molar-refractivity contribution in [3.8, 4) is 0 Å². The standard InChI is InChI=1S/C13H13N3O4/c1-8-7-10(13(18)14-5-6-17)9-3-2-4-11(16(19)20)12(9)15-8/h2-4,7,17H,5-6H2,1H3,(H,14,18). The molecule has 7 nitrogen and oxygen atoms in total. The number of benzene rings is 1. The summed E-state index contributed by atoms with van der Waals surface area (Å²) in [4.78, 5) is 26.7. The van der Waals surface area contributed by atoms with Crippen molar-refractivity contribution in [1.29, 1.82) is 0 Å². The molecule has 104 valence electrons. The number of aliphatic hydroxyl groups is 1. The van der Waals surface area contributed by atoms with Gasteiger partial charge < -0.3 is 10.4 Å². The number of para-hydroxylation sites is 1. The van der Waals surface area contributed by atoms with Crippen LogP contribution in [0.1, 0.15) is 16.1 Å². The van der Waals surface area contributed by atoms with Crippen molar-refractivity contribution in [3.63, 3.8) is 0 Å². The molecule has 2 aromatic rings. The summed E-state index contributed by atoms with van der Waals surface area (Å²) in [5, 5.41) is 22.7. The molecule has 2 rings (SSSR count). The zero-order valence-electron chi connectivity index (χ0n) is 10.8. The van der Waals surface area contributed by atoms with Crippen LogP contribution in [0.15, 0.2) is 24.3 Å². The van der Waals surface area contributed by atoms with E-state index in [0.29, 0.717) is 16.6 Å². The molecule has 0 radical (unpaired) electrons. The second-order valence-corrected chi connectivity index (χ2v) is 4.22. The fourth-order valence-corrected chi connectivity index (χ4v) is 1.96. The Labute approximate surface area is 114 Å². The molecular weight excluding hydrogens is 262 g/mol. The SMILES string of the molecule is Cc1cc(C(=O)NCCO)c2cccc([N+](=O)[O-])c2n1. The zero-order valence-corrected chi connectivity index (χ0v) is 10.8. The van der Waals surface area contributed by atoms with E-state index in [4.69, 9.17) is 5.11 Å². The van der Waals surface area contributed by atoms with Gasteiger partial charge in [-0.15, -0.1) is 0 Å². The van der Waals surface area contributed by atoms with Gasteiger partial charge in [0, 0.05) is 23.7 Å². The van der Waals surface area contributed by atoms with Gasteiger partial charge in [-0.25, -0.2) is 4.98 Å². The molecule has 1 aromatic carbocycles. The molecule has 1 heterocycles. The number of carbonyl (C=O) groups excluding carboxylic acids is 1. The zero-order chi connectivity index (χ0) is 14.7. The molecule has 0 unspecified atom stereocenters. The summed E-state index contributed by atoms with van der Waals surface area (Å²) in [5.74, 6) is -0.393. The lowest BCUT2D eigenvalue weighted by Crippen LogP contribution is -2.26. The molecule has 0 spiro atoms. The first-order valence-corrected chi connectivity index (χ1v) is 5.98. The Morgan fingerprint density at radius 1 is 1.50 bits per heavy atom. The van der Waals surface area contributed by atoms with E-state index >= 15 is 0 Å². The van der Waals surface area contributed by atoms with Crippen LogP contribution in [-0.4, -0.2) is 34.1 Å². The maximum Gasteiger partial charge on any atom is 0.295 e. The number of carbonyl (C=O) groups is 1. The first-order chi connectivity index (χ1) is 9.54. The summed E-state index contributed by atoms with van der Waals surface area (Å²) in [6.07, 6.45) is 0. The second-order valence-electron chi connectivity index (χ2n) is 4.22. The maximum absolute atomic E-state index is 12.0. The summed E-state index contributed by atoms with van der Waals surface area (Å²) in [6.45, 7) is 1.61. The largest absolute Gasteiger partial charge is 0.395 e. The normalized spacial score (nSPS) is 10.5. The molecule has 0 bridgehead atoms. The first-order valence-electron chi connectivity index (χ1n) is 5.98. The quantitative estimate of drug-likeness (QED) is 0.643. The number of non-ortho nitro benzene ring substituents is 1. The minimum absolute atomic E-state index is 0.122. The predicted molar refractivity (Wildman–Crippen MR) is 72.6 cm³/mol. The van der Waals surface area contributed by atoms with E-state index in [1.807, 2.05) is 0 Å². The highest BCUT2D eigenvalue weighted by molar-refractivity contribution is 6.07. The van der Waals surface area contributed by atoms with Crippen LogP contribution in [0.2, 0.25) is 0 Å². The number of rotatable bonds is 4. The topological polar surface area (TPSA) is 105 Å². The summed E-state index contributed by atoms with van der Waals surface area (Å²) < 4.78 is 0. The Bertz CT molecular complexity index is 685. The minimum Gasteiger partial charge on any atom is -0.395 e. The average Bonchev–Trinajstić information content (AvgIpc) is 2.42. The molecule has 0 saturated heterocycles. The number of amides is 1. The lowest BCUT2D eigenvalue weighted by molar-refractivity contribution is -0.383. The van der Waals surface area contributed by atoms with Gasteiger partial charge in [-0.1, -0.05) is 12.1 Å². The lowest BCUT2D eigenvalue weighted by atomic mass is 10.1. The van der Waals surface area contributed by atoms with Crippen LogP contribution in [0.5, 0.6) is 0 Å². The van der Waals surface area contributed by atoms with Crippen molar-refractivity contribution in [2.45, 2.75) is 6.92 Å².